The van der Waals surface area contributed by atoms with Crippen molar-refractivity contribution in [2.75, 3.05) is 20.6 Å². The van der Waals surface area contributed by atoms with Gasteiger partial charge in [-0.2, -0.15) is 0 Å². The topological polar surface area (TPSA) is 51.3 Å². The van der Waals surface area contributed by atoms with E-state index in [9.17, 15) is 10.1 Å². The van der Waals surface area contributed by atoms with Crippen LogP contribution in [0.1, 0.15) is 5.69 Å². The molecule has 1 aromatic carbocycles. The van der Waals surface area contributed by atoms with E-state index < -0.39 is 0 Å². The highest BCUT2D eigenvalue weighted by Gasteiger charge is 2.11. The molecule has 0 saturated heterocycles. The van der Waals surface area contributed by atoms with Gasteiger partial charge in [0, 0.05) is 36.3 Å². The minimum absolute atomic E-state index is 0.145. The van der Waals surface area contributed by atoms with Gasteiger partial charge in [-0.15, -0.1) is 0 Å². The third-order valence-corrected chi connectivity index (χ3v) is 3.08. The summed E-state index contributed by atoms with van der Waals surface area (Å²) in [6.45, 7) is 3.78. The first kappa shape index (κ1) is 12.6. The minimum Gasteiger partial charge on any atom is -0.343 e. The molecule has 0 aliphatic rings. The standard InChI is InChI=1S/C13H17N3O2/c1-10-8-11-4-5-12(16(17)18)9-13(11)15(10)7-6-14(2)3/h4-5,8-9H,6-7H2,1-3H3. The highest BCUT2D eigenvalue weighted by atomic mass is 16.6. The zero-order valence-electron chi connectivity index (χ0n) is 10.9. The molecule has 0 fully saturated rings. The van der Waals surface area contributed by atoms with Gasteiger partial charge in [-0.3, -0.25) is 10.1 Å². The van der Waals surface area contributed by atoms with Gasteiger partial charge in [0.05, 0.1) is 10.4 Å². The lowest BCUT2D eigenvalue weighted by Crippen LogP contribution is -2.18. The van der Waals surface area contributed by atoms with Gasteiger partial charge >= 0.3 is 0 Å². The molecule has 18 heavy (non-hydrogen) atoms. The van der Waals surface area contributed by atoms with E-state index in [1.165, 1.54) is 0 Å². The predicted molar refractivity (Wildman–Crippen MR) is 71.9 cm³/mol. The second kappa shape index (κ2) is 4.78. The van der Waals surface area contributed by atoms with Crippen LogP contribution in [0.4, 0.5) is 5.69 Å². The van der Waals surface area contributed by atoms with Crippen molar-refractivity contribution in [2.45, 2.75) is 13.5 Å². The molecular formula is C13H17N3O2. The van der Waals surface area contributed by atoms with Gasteiger partial charge in [0.25, 0.3) is 5.69 Å². The van der Waals surface area contributed by atoms with Crippen LogP contribution in [0.15, 0.2) is 24.3 Å². The molecule has 0 unspecified atom stereocenters. The summed E-state index contributed by atoms with van der Waals surface area (Å²) >= 11 is 0. The molecule has 2 rings (SSSR count). The average Bonchev–Trinajstić information content (AvgIpc) is 2.60. The number of hydrogen-bond donors (Lipinski definition) is 0. The Morgan fingerprint density at radius 3 is 2.67 bits per heavy atom. The van der Waals surface area contributed by atoms with E-state index in [0.717, 1.165) is 29.7 Å². The lowest BCUT2D eigenvalue weighted by molar-refractivity contribution is -0.384. The number of hydrogen-bond acceptors (Lipinski definition) is 3. The number of benzene rings is 1. The van der Waals surface area contributed by atoms with Crippen LogP contribution in [0.3, 0.4) is 0 Å². The Bertz CT molecular complexity index is 587. The summed E-state index contributed by atoms with van der Waals surface area (Å²) in [6.07, 6.45) is 0. The second-order valence-electron chi connectivity index (χ2n) is 4.74. The average molecular weight is 247 g/mol. The molecule has 0 saturated carbocycles. The van der Waals surface area contributed by atoms with Gasteiger partial charge in [-0.1, -0.05) is 0 Å². The van der Waals surface area contributed by atoms with Crippen molar-refractivity contribution in [1.82, 2.24) is 9.47 Å². The third kappa shape index (κ3) is 2.36. The van der Waals surface area contributed by atoms with E-state index in [1.807, 2.05) is 27.1 Å². The first-order valence-corrected chi connectivity index (χ1v) is 5.88. The number of aryl methyl sites for hydroxylation is 1. The normalized spacial score (nSPS) is 11.3. The van der Waals surface area contributed by atoms with E-state index in [4.69, 9.17) is 0 Å². The number of non-ortho nitro benzene ring substituents is 1. The summed E-state index contributed by atoms with van der Waals surface area (Å²) in [6, 6.07) is 7.08. The van der Waals surface area contributed by atoms with Crippen LogP contribution in [0.2, 0.25) is 0 Å². The lowest BCUT2D eigenvalue weighted by atomic mass is 10.2. The largest absolute Gasteiger partial charge is 0.343 e. The SMILES string of the molecule is Cc1cc2ccc([N+](=O)[O-])cc2n1CCN(C)C. The Labute approximate surface area is 106 Å². The van der Waals surface area contributed by atoms with E-state index >= 15 is 0 Å². The Hall–Kier alpha value is -1.88. The summed E-state index contributed by atoms with van der Waals surface area (Å²) in [5.41, 5.74) is 2.21. The molecule has 0 aliphatic carbocycles. The minimum atomic E-state index is -0.349. The van der Waals surface area contributed by atoms with Gasteiger partial charge in [-0.25, -0.2) is 0 Å². The molecule has 2 aromatic rings. The number of fused-ring (bicyclic) bond motifs is 1. The van der Waals surface area contributed by atoms with Crippen LogP contribution in [0.25, 0.3) is 10.9 Å². The summed E-state index contributed by atoms with van der Waals surface area (Å²) in [5.74, 6) is 0. The number of likely N-dealkylation sites (N-methyl/N-ethyl adjacent to an activating group) is 1. The molecule has 1 heterocycles. The van der Waals surface area contributed by atoms with E-state index in [-0.39, 0.29) is 10.6 Å². The number of nitrogens with zero attached hydrogens (tertiary/aromatic N) is 3. The van der Waals surface area contributed by atoms with Crippen LogP contribution >= 0.6 is 0 Å². The van der Waals surface area contributed by atoms with E-state index in [2.05, 4.69) is 15.5 Å². The molecule has 96 valence electrons. The van der Waals surface area contributed by atoms with Crippen LogP contribution < -0.4 is 0 Å². The van der Waals surface area contributed by atoms with Gasteiger partial charge in [0.1, 0.15) is 0 Å². The van der Waals surface area contributed by atoms with E-state index in [0.29, 0.717) is 0 Å². The molecule has 5 nitrogen and oxygen atoms in total. The molecule has 0 N–H and O–H groups in total. The molecular weight excluding hydrogens is 230 g/mol. The van der Waals surface area contributed by atoms with Crippen molar-refractivity contribution in [2.24, 2.45) is 0 Å². The summed E-state index contributed by atoms with van der Waals surface area (Å²) in [7, 11) is 4.03. The van der Waals surface area contributed by atoms with Gasteiger partial charge in [-0.05, 0) is 33.2 Å². The van der Waals surface area contributed by atoms with Crippen molar-refractivity contribution < 1.29 is 4.92 Å². The molecule has 0 bridgehead atoms. The van der Waals surface area contributed by atoms with Crippen molar-refractivity contribution in [3.8, 4) is 0 Å². The number of aromatic nitrogens is 1. The maximum absolute atomic E-state index is 10.8. The Morgan fingerprint density at radius 2 is 2.06 bits per heavy atom. The van der Waals surface area contributed by atoms with Gasteiger partial charge < -0.3 is 9.47 Å². The van der Waals surface area contributed by atoms with Crippen molar-refractivity contribution >= 4 is 16.6 Å². The maximum Gasteiger partial charge on any atom is 0.271 e. The fraction of sp³-hybridized carbons (Fsp3) is 0.385. The Balaban J connectivity index is 2.46. The molecule has 0 aliphatic heterocycles. The monoisotopic (exact) mass is 247 g/mol. The van der Waals surface area contributed by atoms with Crippen LogP contribution in [0, 0.1) is 17.0 Å². The fourth-order valence-electron chi connectivity index (χ4n) is 2.09. The molecule has 0 atom stereocenters. The Morgan fingerprint density at radius 1 is 1.33 bits per heavy atom. The third-order valence-electron chi connectivity index (χ3n) is 3.08. The highest BCUT2D eigenvalue weighted by molar-refractivity contribution is 5.83. The quantitative estimate of drug-likeness (QED) is 0.616. The molecule has 1 aromatic heterocycles. The first-order chi connectivity index (χ1) is 8.49. The zero-order valence-corrected chi connectivity index (χ0v) is 10.9. The molecule has 5 heteroatoms. The fourth-order valence-corrected chi connectivity index (χ4v) is 2.09. The van der Waals surface area contributed by atoms with Crippen LogP contribution in [-0.4, -0.2) is 35.0 Å². The lowest BCUT2D eigenvalue weighted by Gasteiger charge is -2.12. The van der Waals surface area contributed by atoms with Crippen molar-refractivity contribution in [3.63, 3.8) is 0 Å². The predicted octanol–water partition coefficient (Wildman–Crippen LogP) is 2.42. The zero-order chi connectivity index (χ0) is 13.3. The Kier molecular flexibility index (Phi) is 3.34. The smallest absolute Gasteiger partial charge is 0.271 e. The summed E-state index contributed by atoms with van der Waals surface area (Å²) < 4.78 is 2.13. The van der Waals surface area contributed by atoms with Crippen molar-refractivity contribution in [3.05, 3.63) is 40.1 Å². The molecule has 0 radical (unpaired) electrons. The van der Waals surface area contributed by atoms with Crippen LogP contribution in [-0.2, 0) is 6.54 Å². The van der Waals surface area contributed by atoms with Gasteiger partial charge in [0.2, 0.25) is 0 Å². The highest BCUT2D eigenvalue weighted by Crippen LogP contribution is 2.24. The number of rotatable bonds is 4. The molecule has 0 spiro atoms. The molecule has 0 amide bonds. The van der Waals surface area contributed by atoms with Crippen molar-refractivity contribution in [1.29, 1.82) is 0 Å². The summed E-state index contributed by atoms with van der Waals surface area (Å²) in [5, 5.41) is 11.9. The first-order valence-electron chi connectivity index (χ1n) is 5.88. The summed E-state index contributed by atoms with van der Waals surface area (Å²) in [4.78, 5) is 12.6. The van der Waals surface area contributed by atoms with Gasteiger partial charge in [0.15, 0.2) is 0 Å². The number of nitro groups is 1. The maximum atomic E-state index is 10.8. The second-order valence-corrected chi connectivity index (χ2v) is 4.74. The van der Waals surface area contributed by atoms with E-state index in [1.54, 1.807) is 12.1 Å². The van der Waals surface area contributed by atoms with Crippen LogP contribution in [0.5, 0.6) is 0 Å². The number of nitro benzene ring substituents is 1.